The first kappa shape index (κ1) is 13.4. The van der Waals surface area contributed by atoms with Crippen molar-refractivity contribution >= 4 is 37.4 Å². The van der Waals surface area contributed by atoms with Gasteiger partial charge >= 0.3 is 0 Å². The molecule has 0 fully saturated rings. The lowest BCUT2D eigenvalue weighted by atomic mass is 9.45. The number of aromatic hydroxyl groups is 1. The summed E-state index contributed by atoms with van der Waals surface area (Å²) in [5.74, 6) is 0.894. The number of benzene rings is 2. The summed E-state index contributed by atoms with van der Waals surface area (Å²) in [5.41, 5.74) is 1.46. The lowest BCUT2D eigenvalue weighted by Gasteiger charge is -2.32. The summed E-state index contributed by atoms with van der Waals surface area (Å²) in [6.45, 7) is 2.55. The zero-order chi connectivity index (χ0) is 15.4. The molecule has 105 valence electrons. The molecule has 0 saturated carbocycles. The molecule has 2 heterocycles. The topological polar surface area (TPSA) is 52.9 Å². The van der Waals surface area contributed by atoms with Gasteiger partial charge in [0.2, 0.25) is 0 Å². The number of carbonyl (C=O) groups is 1. The van der Waals surface area contributed by atoms with Gasteiger partial charge in [-0.05, 0) is 41.7 Å². The van der Waals surface area contributed by atoms with Gasteiger partial charge in [0.15, 0.2) is 0 Å². The fourth-order valence-corrected chi connectivity index (χ4v) is 3.28. The molecule has 2 aliphatic rings. The fraction of sp³-hybridized carbons (Fsp3) is 0.250. The Morgan fingerprint density at radius 3 is 2.91 bits per heavy atom. The van der Waals surface area contributed by atoms with Crippen molar-refractivity contribution in [2.75, 3.05) is 6.54 Å². The predicted octanol–water partition coefficient (Wildman–Crippen LogP) is 1.73. The van der Waals surface area contributed by atoms with Crippen LogP contribution >= 0.6 is 0 Å². The Hall–Kier alpha value is -2.23. The van der Waals surface area contributed by atoms with Crippen molar-refractivity contribution in [1.29, 1.82) is 0 Å². The third-order valence-electron chi connectivity index (χ3n) is 4.55. The van der Waals surface area contributed by atoms with Gasteiger partial charge < -0.3 is 5.11 Å². The summed E-state index contributed by atoms with van der Waals surface area (Å²) in [6, 6.07) is 8.96. The molecule has 0 bridgehead atoms. The standard InChI is InChI=1S/C16H13B2N2O2/c1-8-13(18-17)7-20-15(19-8)14-11(16(20)22)5-3-9-2-4-10(21)6-12(9)14/h2-6,8,13,21H,7H2,1H3/t8-,13-/m1/s1. The zero-order valence-electron chi connectivity index (χ0n) is 12.2. The molecule has 1 N–H and O–H groups in total. The van der Waals surface area contributed by atoms with Crippen LogP contribution < -0.4 is 0 Å². The summed E-state index contributed by atoms with van der Waals surface area (Å²) in [4.78, 5) is 19.0. The predicted molar refractivity (Wildman–Crippen MR) is 87.9 cm³/mol. The zero-order valence-corrected chi connectivity index (χ0v) is 12.2. The van der Waals surface area contributed by atoms with Crippen LogP contribution in [0.1, 0.15) is 22.8 Å². The Morgan fingerprint density at radius 2 is 2.14 bits per heavy atom. The van der Waals surface area contributed by atoms with Crippen molar-refractivity contribution in [3.8, 4) is 5.75 Å². The van der Waals surface area contributed by atoms with Crippen molar-refractivity contribution in [2.24, 2.45) is 4.99 Å². The van der Waals surface area contributed by atoms with Gasteiger partial charge in [-0.2, -0.15) is 0 Å². The normalized spacial score (nSPS) is 23.2. The molecule has 4 nitrogen and oxygen atoms in total. The van der Waals surface area contributed by atoms with Crippen molar-refractivity contribution in [2.45, 2.75) is 18.8 Å². The van der Waals surface area contributed by atoms with E-state index < -0.39 is 0 Å². The second-order valence-electron chi connectivity index (χ2n) is 5.86. The van der Waals surface area contributed by atoms with Gasteiger partial charge in [0.1, 0.15) is 11.6 Å². The number of fused-ring (bicyclic) bond motifs is 5. The van der Waals surface area contributed by atoms with Gasteiger partial charge in [-0.25, -0.2) is 0 Å². The maximum Gasteiger partial charge on any atom is 0.260 e. The smallest absolute Gasteiger partial charge is 0.260 e. The van der Waals surface area contributed by atoms with Gasteiger partial charge in [-0.3, -0.25) is 14.7 Å². The average Bonchev–Trinajstić information content (AvgIpc) is 2.79. The van der Waals surface area contributed by atoms with E-state index >= 15 is 0 Å². The number of amidine groups is 1. The van der Waals surface area contributed by atoms with Crippen molar-refractivity contribution in [1.82, 2.24) is 4.90 Å². The summed E-state index contributed by atoms with van der Waals surface area (Å²) in [5, 5.41) is 11.6. The number of rotatable bonds is 1. The molecule has 1 amide bonds. The van der Waals surface area contributed by atoms with Gasteiger partial charge in [0.25, 0.3) is 5.91 Å². The lowest BCUT2D eigenvalue weighted by molar-refractivity contribution is 0.0852. The van der Waals surface area contributed by atoms with Crippen LogP contribution in [0.15, 0.2) is 35.3 Å². The molecular formula is C16H13B2N2O2. The Morgan fingerprint density at radius 1 is 1.36 bits per heavy atom. The van der Waals surface area contributed by atoms with Crippen LogP contribution in [0.25, 0.3) is 10.8 Å². The van der Waals surface area contributed by atoms with E-state index in [1.807, 2.05) is 25.1 Å². The van der Waals surface area contributed by atoms with Gasteiger partial charge in [0, 0.05) is 25.9 Å². The quantitative estimate of drug-likeness (QED) is 0.812. The largest absolute Gasteiger partial charge is 0.508 e. The number of nitrogens with zero attached hydrogens (tertiary/aromatic N) is 2. The Balaban J connectivity index is 1.99. The number of amides is 1. The number of aliphatic imine (C=N–C) groups is 1. The molecule has 22 heavy (non-hydrogen) atoms. The Bertz CT molecular complexity index is 834. The minimum atomic E-state index is -0.0438. The van der Waals surface area contributed by atoms with Crippen LogP contribution in [0.5, 0.6) is 5.75 Å². The third-order valence-corrected chi connectivity index (χ3v) is 4.55. The number of phenols is 1. The third kappa shape index (κ3) is 1.73. The van der Waals surface area contributed by atoms with Gasteiger partial charge in [-0.1, -0.05) is 12.1 Å². The monoisotopic (exact) mass is 287 g/mol. The highest BCUT2D eigenvalue weighted by Gasteiger charge is 2.39. The van der Waals surface area contributed by atoms with Crippen LogP contribution in [-0.4, -0.2) is 49.2 Å². The van der Waals surface area contributed by atoms with E-state index in [1.54, 1.807) is 24.2 Å². The van der Waals surface area contributed by atoms with Crippen LogP contribution in [0.3, 0.4) is 0 Å². The summed E-state index contributed by atoms with van der Waals surface area (Å²) < 4.78 is 0. The highest BCUT2D eigenvalue weighted by atomic mass is 16.3. The van der Waals surface area contributed by atoms with Gasteiger partial charge in [0.05, 0.1) is 12.7 Å². The molecule has 2 aromatic carbocycles. The minimum Gasteiger partial charge on any atom is -0.508 e. The van der Waals surface area contributed by atoms with E-state index in [0.29, 0.717) is 17.9 Å². The Kier molecular flexibility index (Phi) is 2.83. The Labute approximate surface area is 130 Å². The molecule has 0 aliphatic carbocycles. The molecule has 0 unspecified atom stereocenters. The van der Waals surface area contributed by atoms with E-state index in [-0.39, 0.29) is 23.5 Å². The lowest BCUT2D eigenvalue weighted by Crippen LogP contribution is -2.42. The maximum absolute atomic E-state index is 12.7. The van der Waals surface area contributed by atoms with E-state index in [1.165, 1.54) is 0 Å². The van der Waals surface area contributed by atoms with E-state index in [4.69, 9.17) is 12.7 Å². The average molecular weight is 287 g/mol. The van der Waals surface area contributed by atoms with Crippen molar-refractivity contribution < 1.29 is 9.90 Å². The molecular weight excluding hydrogens is 274 g/mol. The highest BCUT2D eigenvalue weighted by molar-refractivity contribution is 6.90. The SMILES string of the molecule is [B][B][C@@H]1CN2C(=O)c3ccc4ccc(O)cc4c3C2=N[C@@H]1C. The molecule has 3 radical (unpaired) electrons. The number of hydrogen-bond donors (Lipinski definition) is 1. The highest BCUT2D eigenvalue weighted by Crippen LogP contribution is 2.36. The number of hydrogen-bond acceptors (Lipinski definition) is 3. The molecule has 4 rings (SSSR count). The second kappa shape index (κ2) is 4.63. The van der Waals surface area contributed by atoms with Crippen LogP contribution in [-0.2, 0) is 0 Å². The molecule has 2 aromatic rings. The summed E-state index contributed by atoms with van der Waals surface area (Å²) in [6.07, 6.45) is 0. The first-order chi connectivity index (χ1) is 10.6. The molecule has 0 saturated heterocycles. The minimum absolute atomic E-state index is 0.0302. The molecule has 2 atom stereocenters. The van der Waals surface area contributed by atoms with E-state index in [9.17, 15) is 9.90 Å². The van der Waals surface area contributed by atoms with Crippen LogP contribution in [0.4, 0.5) is 0 Å². The van der Waals surface area contributed by atoms with Crippen molar-refractivity contribution in [3.05, 3.63) is 41.5 Å². The maximum atomic E-state index is 12.7. The summed E-state index contributed by atoms with van der Waals surface area (Å²) >= 11 is 0. The first-order valence-corrected chi connectivity index (χ1v) is 7.31. The fourth-order valence-electron chi connectivity index (χ4n) is 3.28. The second-order valence-corrected chi connectivity index (χ2v) is 5.86. The van der Waals surface area contributed by atoms with E-state index in [0.717, 1.165) is 16.3 Å². The summed E-state index contributed by atoms with van der Waals surface area (Å²) in [7, 11) is 7.29. The first-order valence-electron chi connectivity index (χ1n) is 7.31. The molecule has 6 heteroatoms. The van der Waals surface area contributed by atoms with Crippen LogP contribution in [0.2, 0.25) is 5.82 Å². The molecule has 0 aromatic heterocycles. The van der Waals surface area contributed by atoms with Crippen molar-refractivity contribution in [3.63, 3.8) is 0 Å². The van der Waals surface area contributed by atoms with Crippen LogP contribution in [0, 0.1) is 0 Å². The molecule has 2 aliphatic heterocycles. The van der Waals surface area contributed by atoms with Gasteiger partial charge in [-0.15, -0.1) is 0 Å². The number of carbonyl (C=O) groups excluding carboxylic acids is 1. The number of phenolic OH excluding ortho intramolecular Hbond substituents is 1. The molecule has 0 spiro atoms. The van der Waals surface area contributed by atoms with E-state index in [2.05, 4.69) is 0 Å².